The Balaban J connectivity index is 1.66. The van der Waals surface area contributed by atoms with E-state index >= 15 is 0 Å². The maximum Gasteiger partial charge on any atom is 0.335 e. The monoisotopic (exact) mass is 299 g/mol. The minimum Gasteiger partial charge on any atom is -0.478 e. The van der Waals surface area contributed by atoms with Crippen LogP contribution in [0.1, 0.15) is 40.2 Å². The smallest absolute Gasteiger partial charge is 0.335 e. The minimum atomic E-state index is -0.867. The normalized spacial score (nSPS) is 19.2. The van der Waals surface area contributed by atoms with E-state index in [-0.39, 0.29) is 0 Å². The van der Waals surface area contributed by atoms with Crippen LogP contribution in [0.15, 0.2) is 36.7 Å². The van der Waals surface area contributed by atoms with Gasteiger partial charge in [-0.3, -0.25) is 9.58 Å². The molecule has 2 heterocycles. The number of nitrogens with zero attached hydrogens (tertiary/aromatic N) is 3. The second-order valence-corrected chi connectivity index (χ2v) is 6.02. The summed E-state index contributed by atoms with van der Waals surface area (Å²) >= 11 is 0. The number of aryl methyl sites for hydroxylation is 1. The van der Waals surface area contributed by atoms with Gasteiger partial charge in [-0.25, -0.2) is 4.79 Å². The Bertz CT molecular complexity index is 648. The van der Waals surface area contributed by atoms with E-state index in [2.05, 4.69) is 16.2 Å². The number of rotatable bonds is 4. The van der Waals surface area contributed by atoms with E-state index in [1.165, 1.54) is 17.5 Å². The highest BCUT2D eigenvalue weighted by molar-refractivity contribution is 5.87. The van der Waals surface area contributed by atoms with Gasteiger partial charge in [-0.2, -0.15) is 5.10 Å². The number of carbonyl (C=O) groups is 1. The van der Waals surface area contributed by atoms with Gasteiger partial charge in [-0.15, -0.1) is 0 Å². The number of carboxylic acid groups (broad SMARTS) is 1. The molecule has 116 valence electrons. The topological polar surface area (TPSA) is 58.4 Å². The van der Waals surface area contributed by atoms with Crippen molar-refractivity contribution in [1.29, 1.82) is 0 Å². The van der Waals surface area contributed by atoms with Gasteiger partial charge in [0.15, 0.2) is 0 Å². The number of aromatic nitrogens is 2. The van der Waals surface area contributed by atoms with Crippen molar-refractivity contribution in [3.8, 4) is 0 Å². The van der Waals surface area contributed by atoms with E-state index in [0.29, 0.717) is 11.5 Å². The number of benzene rings is 1. The highest BCUT2D eigenvalue weighted by atomic mass is 16.4. The molecule has 1 fully saturated rings. The molecular formula is C17H21N3O2. The first-order valence-corrected chi connectivity index (χ1v) is 7.65. The third-order valence-electron chi connectivity index (χ3n) is 4.30. The standard InChI is InChI=1S/C17H21N3O2/c1-19-10-13(9-18-19)11-20-8-2-3-16(12-20)14-4-6-15(7-5-14)17(21)22/h4-7,9-10,16H,2-3,8,11-12H2,1H3,(H,21,22)/t16-/m0/s1. The number of carboxylic acids is 1. The average molecular weight is 299 g/mol. The van der Waals surface area contributed by atoms with Crippen LogP contribution in [-0.4, -0.2) is 38.8 Å². The summed E-state index contributed by atoms with van der Waals surface area (Å²) in [6, 6.07) is 7.33. The number of piperidine rings is 1. The largest absolute Gasteiger partial charge is 0.478 e. The van der Waals surface area contributed by atoms with Crippen molar-refractivity contribution in [2.45, 2.75) is 25.3 Å². The van der Waals surface area contributed by atoms with Crippen LogP contribution in [0.3, 0.4) is 0 Å². The zero-order valence-electron chi connectivity index (χ0n) is 12.8. The van der Waals surface area contributed by atoms with Crippen molar-refractivity contribution in [1.82, 2.24) is 14.7 Å². The number of likely N-dealkylation sites (tertiary alicyclic amines) is 1. The minimum absolute atomic E-state index is 0.353. The average Bonchev–Trinajstić information content (AvgIpc) is 2.93. The van der Waals surface area contributed by atoms with Crippen LogP contribution in [-0.2, 0) is 13.6 Å². The van der Waals surface area contributed by atoms with Crippen LogP contribution >= 0.6 is 0 Å². The van der Waals surface area contributed by atoms with Gasteiger partial charge in [-0.05, 0) is 43.0 Å². The van der Waals surface area contributed by atoms with E-state index in [1.807, 2.05) is 30.1 Å². The zero-order valence-corrected chi connectivity index (χ0v) is 12.8. The lowest BCUT2D eigenvalue weighted by Gasteiger charge is -2.32. The lowest BCUT2D eigenvalue weighted by Crippen LogP contribution is -2.33. The van der Waals surface area contributed by atoms with Gasteiger partial charge in [0.25, 0.3) is 0 Å². The summed E-state index contributed by atoms with van der Waals surface area (Å²) in [6.45, 7) is 3.05. The Morgan fingerprint density at radius 1 is 1.36 bits per heavy atom. The molecule has 5 heteroatoms. The second-order valence-electron chi connectivity index (χ2n) is 6.02. The molecule has 2 aromatic rings. The molecule has 1 aliphatic heterocycles. The molecule has 5 nitrogen and oxygen atoms in total. The van der Waals surface area contributed by atoms with Crippen LogP contribution in [0.25, 0.3) is 0 Å². The molecule has 1 aromatic heterocycles. The van der Waals surface area contributed by atoms with Gasteiger partial charge < -0.3 is 5.11 Å². The Labute approximate surface area is 130 Å². The van der Waals surface area contributed by atoms with Crippen LogP contribution in [0.4, 0.5) is 0 Å². The van der Waals surface area contributed by atoms with Gasteiger partial charge in [0.2, 0.25) is 0 Å². The van der Waals surface area contributed by atoms with Crippen LogP contribution < -0.4 is 0 Å². The molecule has 1 saturated heterocycles. The van der Waals surface area contributed by atoms with E-state index in [1.54, 1.807) is 12.1 Å². The predicted molar refractivity (Wildman–Crippen MR) is 83.9 cm³/mol. The van der Waals surface area contributed by atoms with Crippen LogP contribution in [0.5, 0.6) is 0 Å². The Hall–Kier alpha value is -2.14. The predicted octanol–water partition coefficient (Wildman–Crippen LogP) is 2.50. The van der Waals surface area contributed by atoms with Crippen molar-refractivity contribution in [2.75, 3.05) is 13.1 Å². The van der Waals surface area contributed by atoms with Gasteiger partial charge in [0.05, 0.1) is 11.8 Å². The number of aromatic carboxylic acids is 1. The number of hydrogen-bond donors (Lipinski definition) is 1. The molecule has 0 saturated carbocycles. The van der Waals surface area contributed by atoms with E-state index in [9.17, 15) is 4.79 Å². The Kier molecular flexibility index (Phi) is 4.24. The van der Waals surface area contributed by atoms with Gasteiger partial charge in [0, 0.05) is 31.9 Å². The molecule has 1 aliphatic rings. The third-order valence-corrected chi connectivity index (χ3v) is 4.30. The first-order valence-electron chi connectivity index (χ1n) is 7.65. The quantitative estimate of drug-likeness (QED) is 0.942. The number of hydrogen-bond acceptors (Lipinski definition) is 3. The van der Waals surface area contributed by atoms with Crippen molar-refractivity contribution < 1.29 is 9.90 Å². The molecular weight excluding hydrogens is 278 g/mol. The molecule has 0 spiro atoms. The lowest BCUT2D eigenvalue weighted by molar-refractivity contribution is 0.0697. The maximum absolute atomic E-state index is 10.9. The molecule has 22 heavy (non-hydrogen) atoms. The van der Waals surface area contributed by atoms with E-state index in [4.69, 9.17) is 5.11 Å². The first kappa shape index (κ1) is 14.8. The van der Waals surface area contributed by atoms with E-state index in [0.717, 1.165) is 26.1 Å². The van der Waals surface area contributed by atoms with Gasteiger partial charge in [-0.1, -0.05) is 12.1 Å². The summed E-state index contributed by atoms with van der Waals surface area (Å²) in [4.78, 5) is 13.4. The SMILES string of the molecule is Cn1cc(CN2CCC[C@H](c3ccc(C(=O)O)cc3)C2)cn1. The summed E-state index contributed by atoms with van der Waals surface area (Å²) in [5.74, 6) is -0.387. The van der Waals surface area contributed by atoms with Gasteiger partial charge in [0.1, 0.15) is 0 Å². The molecule has 0 radical (unpaired) electrons. The zero-order chi connectivity index (χ0) is 15.5. The maximum atomic E-state index is 10.9. The summed E-state index contributed by atoms with van der Waals surface area (Å²) in [5.41, 5.74) is 2.83. The van der Waals surface area contributed by atoms with Crippen molar-refractivity contribution in [3.63, 3.8) is 0 Å². The van der Waals surface area contributed by atoms with Crippen molar-refractivity contribution in [2.24, 2.45) is 7.05 Å². The highest BCUT2D eigenvalue weighted by Crippen LogP contribution is 2.27. The fraction of sp³-hybridized carbons (Fsp3) is 0.412. The van der Waals surface area contributed by atoms with Crippen LogP contribution in [0.2, 0.25) is 0 Å². The Morgan fingerprint density at radius 3 is 2.77 bits per heavy atom. The summed E-state index contributed by atoms with van der Waals surface area (Å²) in [5, 5.41) is 13.2. The Morgan fingerprint density at radius 2 is 2.14 bits per heavy atom. The lowest BCUT2D eigenvalue weighted by atomic mass is 9.90. The summed E-state index contributed by atoms with van der Waals surface area (Å²) < 4.78 is 1.83. The molecule has 0 aliphatic carbocycles. The molecule has 1 N–H and O–H groups in total. The first-order chi connectivity index (χ1) is 10.6. The highest BCUT2D eigenvalue weighted by Gasteiger charge is 2.21. The third kappa shape index (κ3) is 3.36. The molecule has 0 amide bonds. The van der Waals surface area contributed by atoms with Crippen LogP contribution in [0, 0.1) is 0 Å². The second kappa shape index (κ2) is 6.32. The molecule has 0 unspecified atom stereocenters. The summed E-state index contributed by atoms with van der Waals surface area (Å²) in [7, 11) is 1.94. The van der Waals surface area contributed by atoms with Gasteiger partial charge >= 0.3 is 5.97 Å². The fourth-order valence-electron chi connectivity index (χ4n) is 3.18. The molecule has 1 atom stereocenters. The molecule has 1 aromatic carbocycles. The van der Waals surface area contributed by atoms with Crippen molar-refractivity contribution >= 4 is 5.97 Å². The molecule has 3 rings (SSSR count). The molecule has 0 bridgehead atoms. The fourth-order valence-corrected chi connectivity index (χ4v) is 3.18. The van der Waals surface area contributed by atoms with E-state index < -0.39 is 5.97 Å². The van der Waals surface area contributed by atoms with Crippen molar-refractivity contribution in [3.05, 3.63) is 53.3 Å². The summed E-state index contributed by atoms with van der Waals surface area (Å²) in [6.07, 6.45) is 6.32.